The zero-order chi connectivity index (χ0) is 15.4. The van der Waals surface area contributed by atoms with Crippen molar-refractivity contribution >= 4 is 5.71 Å². The molecule has 0 spiro atoms. The maximum absolute atomic E-state index is 12.8. The molecular formula is C14H14FN3O3. The molecule has 0 aliphatic carbocycles. The van der Waals surface area contributed by atoms with Gasteiger partial charge >= 0.3 is 5.69 Å². The molecule has 1 aromatic heterocycles. The van der Waals surface area contributed by atoms with Gasteiger partial charge in [-0.15, -0.1) is 0 Å². The standard InChI is InChI=1S/C14H14FN3O3/c1-2-10(11-12(19)17-14(21)18-13(11)20)16-7-8-3-5-9(15)6-4-8/h3-6H,2,7H2,1H3,(H3,17,18,19,20,21). The molecule has 0 saturated carbocycles. The van der Waals surface area contributed by atoms with Gasteiger partial charge in [-0.3, -0.25) is 19.8 Å². The SMILES string of the molecule is CCC(=NCc1ccc(F)cc1)c1c(O)[nH]c(=O)[nH]c1=O. The van der Waals surface area contributed by atoms with Crippen molar-refractivity contribution < 1.29 is 9.50 Å². The van der Waals surface area contributed by atoms with Gasteiger partial charge in [-0.2, -0.15) is 0 Å². The molecule has 21 heavy (non-hydrogen) atoms. The Morgan fingerprint density at radius 1 is 1.24 bits per heavy atom. The number of aliphatic imine (C=N–C) groups is 1. The van der Waals surface area contributed by atoms with Crippen LogP contribution in [0.2, 0.25) is 0 Å². The number of hydrogen-bond donors (Lipinski definition) is 3. The summed E-state index contributed by atoms with van der Waals surface area (Å²) in [6, 6.07) is 5.81. The average molecular weight is 291 g/mol. The molecule has 7 heteroatoms. The average Bonchev–Trinajstić information content (AvgIpc) is 2.43. The highest BCUT2D eigenvalue weighted by atomic mass is 19.1. The van der Waals surface area contributed by atoms with E-state index >= 15 is 0 Å². The van der Waals surface area contributed by atoms with Crippen molar-refractivity contribution in [2.75, 3.05) is 0 Å². The van der Waals surface area contributed by atoms with Crippen LogP contribution in [0.4, 0.5) is 4.39 Å². The second-order valence-corrected chi connectivity index (χ2v) is 4.37. The van der Waals surface area contributed by atoms with E-state index in [1.807, 2.05) is 4.98 Å². The fourth-order valence-electron chi connectivity index (χ4n) is 1.89. The Labute approximate surface area is 119 Å². The number of nitrogens with one attached hydrogen (secondary N) is 2. The monoisotopic (exact) mass is 291 g/mol. The molecule has 0 fully saturated rings. The van der Waals surface area contributed by atoms with Crippen LogP contribution >= 0.6 is 0 Å². The molecule has 0 unspecified atom stereocenters. The number of H-pyrrole nitrogens is 2. The van der Waals surface area contributed by atoms with Gasteiger partial charge in [0.1, 0.15) is 11.4 Å². The van der Waals surface area contributed by atoms with E-state index in [2.05, 4.69) is 9.98 Å². The molecule has 0 aliphatic heterocycles. The van der Waals surface area contributed by atoms with E-state index in [4.69, 9.17) is 0 Å². The van der Waals surface area contributed by atoms with Gasteiger partial charge in [-0.25, -0.2) is 9.18 Å². The first kappa shape index (κ1) is 14.7. The number of aromatic amines is 2. The summed E-state index contributed by atoms with van der Waals surface area (Å²) in [6.45, 7) is 2.01. The van der Waals surface area contributed by atoms with Crippen molar-refractivity contribution in [2.45, 2.75) is 19.9 Å². The first-order valence-corrected chi connectivity index (χ1v) is 6.35. The van der Waals surface area contributed by atoms with Crippen LogP contribution in [0.15, 0.2) is 38.8 Å². The summed E-state index contributed by atoms with van der Waals surface area (Å²) in [4.78, 5) is 31.2. The fourth-order valence-corrected chi connectivity index (χ4v) is 1.89. The van der Waals surface area contributed by atoms with E-state index in [9.17, 15) is 19.1 Å². The van der Waals surface area contributed by atoms with E-state index in [-0.39, 0.29) is 17.9 Å². The molecule has 110 valence electrons. The summed E-state index contributed by atoms with van der Waals surface area (Å²) >= 11 is 0. The number of hydrogen-bond acceptors (Lipinski definition) is 4. The maximum Gasteiger partial charge on any atom is 0.328 e. The summed E-state index contributed by atoms with van der Waals surface area (Å²) < 4.78 is 12.8. The van der Waals surface area contributed by atoms with Gasteiger partial charge in [0.25, 0.3) is 5.56 Å². The molecule has 6 nitrogen and oxygen atoms in total. The number of aromatic nitrogens is 2. The molecule has 0 radical (unpaired) electrons. The first-order valence-electron chi connectivity index (χ1n) is 6.35. The molecular weight excluding hydrogens is 277 g/mol. The Bertz CT molecular complexity index is 775. The van der Waals surface area contributed by atoms with Crippen molar-refractivity contribution in [3.8, 4) is 5.88 Å². The third kappa shape index (κ3) is 3.44. The van der Waals surface area contributed by atoms with Gasteiger partial charge in [0.2, 0.25) is 5.88 Å². The largest absolute Gasteiger partial charge is 0.494 e. The van der Waals surface area contributed by atoms with Gasteiger partial charge in [-0.05, 0) is 24.1 Å². The molecule has 0 amide bonds. The van der Waals surface area contributed by atoms with Crippen molar-refractivity contribution in [3.63, 3.8) is 0 Å². The van der Waals surface area contributed by atoms with Crippen LogP contribution in [-0.2, 0) is 6.54 Å². The molecule has 1 aromatic carbocycles. The molecule has 0 aliphatic rings. The van der Waals surface area contributed by atoms with Gasteiger partial charge in [0.15, 0.2) is 0 Å². The van der Waals surface area contributed by atoms with Crippen molar-refractivity contribution in [1.29, 1.82) is 0 Å². The van der Waals surface area contributed by atoms with Crippen LogP contribution < -0.4 is 11.2 Å². The van der Waals surface area contributed by atoms with Gasteiger partial charge in [-0.1, -0.05) is 19.1 Å². The quantitative estimate of drug-likeness (QED) is 0.741. The molecule has 2 aromatic rings. The van der Waals surface area contributed by atoms with Crippen LogP contribution in [-0.4, -0.2) is 20.8 Å². The minimum absolute atomic E-state index is 0.0563. The molecule has 0 saturated heterocycles. The van der Waals surface area contributed by atoms with Gasteiger partial charge in [0.05, 0.1) is 12.3 Å². The summed E-state index contributed by atoms with van der Waals surface area (Å²) in [5, 5.41) is 9.70. The van der Waals surface area contributed by atoms with Crippen LogP contribution in [0, 0.1) is 5.82 Å². The van der Waals surface area contributed by atoms with E-state index in [1.165, 1.54) is 12.1 Å². The minimum atomic E-state index is -0.782. The Hall–Kier alpha value is -2.70. The lowest BCUT2D eigenvalue weighted by Gasteiger charge is -2.05. The topological polar surface area (TPSA) is 98.3 Å². The van der Waals surface area contributed by atoms with Crippen molar-refractivity contribution in [1.82, 2.24) is 9.97 Å². The van der Waals surface area contributed by atoms with E-state index in [0.29, 0.717) is 12.1 Å². The van der Waals surface area contributed by atoms with E-state index in [0.717, 1.165) is 5.56 Å². The molecule has 2 rings (SSSR count). The zero-order valence-electron chi connectivity index (χ0n) is 11.3. The third-order valence-corrected chi connectivity index (χ3v) is 2.91. The highest BCUT2D eigenvalue weighted by molar-refractivity contribution is 6.01. The second-order valence-electron chi connectivity index (χ2n) is 4.37. The summed E-state index contributed by atoms with van der Waals surface area (Å²) in [5.41, 5.74) is -0.414. The predicted octanol–water partition coefficient (Wildman–Crippen LogP) is 1.31. The van der Waals surface area contributed by atoms with E-state index in [1.54, 1.807) is 19.1 Å². The highest BCUT2D eigenvalue weighted by Gasteiger charge is 2.13. The second kappa shape index (κ2) is 6.17. The first-order chi connectivity index (χ1) is 10.0. The van der Waals surface area contributed by atoms with Crippen molar-refractivity contribution in [2.24, 2.45) is 4.99 Å². The fraction of sp³-hybridized carbons (Fsp3) is 0.214. The molecule has 3 N–H and O–H groups in total. The molecule has 0 bridgehead atoms. The molecule has 1 heterocycles. The Balaban J connectivity index is 2.36. The van der Waals surface area contributed by atoms with Crippen LogP contribution in [0.3, 0.4) is 0 Å². The Kier molecular flexibility index (Phi) is 4.32. The van der Waals surface area contributed by atoms with Gasteiger partial charge in [0, 0.05) is 0 Å². The number of aromatic hydroxyl groups is 1. The van der Waals surface area contributed by atoms with Crippen molar-refractivity contribution in [3.05, 3.63) is 62.0 Å². The van der Waals surface area contributed by atoms with E-state index < -0.39 is 17.1 Å². The van der Waals surface area contributed by atoms with Gasteiger partial charge < -0.3 is 5.11 Å². The summed E-state index contributed by atoms with van der Waals surface area (Å²) in [6.07, 6.45) is 0.393. The smallest absolute Gasteiger partial charge is 0.328 e. The Morgan fingerprint density at radius 2 is 1.90 bits per heavy atom. The number of nitrogens with zero attached hydrogens (tertiary/aromatic N) is 1. The number of benzene rings is 1. The normalized spacial score (nSPS) is 11.6. The maximum atomic E-state index is 12.8. The lowest BCUT2D eigenvalue weighted by atomic mass is 10.1. The third-order valence-electron chi connectivity index (χ3n) is 2.91. The van der Waals surface area contributed by atoms with Crippen LogP contribution in [0.1, 0.15) is 24.5 Å². The number of rotatable bonds is 4. The summed E-state index contributed by atoms with van der Waals surface area (Å²) in [5.74, 6) is -0.850. The van der Waals surface area contributed by atoms with Crippen LogP contribution in [0.25, 0.3) is 0 Å². The predicted molar refractivity (Wildman–Crippen MR) is 76.3 cm³/mol. The lowest BCUT2D eigenvalue weighted by molar-refractivity contribution is 0.447. The highest BCUT2D eigenvalue weighted by Crippen LogP contribution is 2.11. The Morgan fingerprint density at radius 3 is 2.48 bits per heavy atom. The summed E-state index contributed by atoms with van der Waals surface area (Å²) in [7, 11) is 0. The minimum Gasteiger partial charge on any atom is -0.494 e. The molecule has 0 atom stereocenters. The lowest BCUT2D eigenvalue weighted by Crippen LogP contribution is -2.27. The zero-order valence-corrected chi connectivity index (χ0v) is 11.3. The van der Waals surface area contributed by atoms with Crippen LogP contribution in [0.5, 0.6) is 5.88 Å². The number of halogens is 1.